The summed E-state index contributed by atoms with van der Waals surface area (Å²) in [4.78, 5) is 18.9. The first-order valence-corrected chi connectivity index (χ1v) is 10.2. The second-order valence-corrected chi connectivity index (χ2v) is 7.69. The molecule has 1 atom stereocenters. The van der Waals surface area contributed by atoms with Crippen LogP contribution >= 0.6 is 0 Å². The van der Waals surface area contributed by atoms with E-state index in [1.54, 1.807) is 18.6 Å². The van der Waals surface area contributed by atoms with E-state index in [-0.39, 0.29) is 29.8 Å². The molecule has 3 aromatic rings. The van der Waals surface area contributed by atoms with Gasteiger partial charge in [-0.1, -0.05) is 23.4 Å². The van der Waals surface area contributed by atoms with Crippen LogP contribution in [-0.4, -0.2) is 47.9 Å². The summed E-state index contributed by atoms with van der Waals surface area (Å²) in [6.07, 6.45) is 6.02. The number of aromatic nitrogens is 5. The van der Waals surface area contributed by atoms with E-state index in [0.29, 0.717) is 6.54 Å². The molecule has 1 aromatic carbocycles. The molecule has 1 amide bonds. The number of rotatable bonds is 6. The molecule has 0 saturated carbocycles. The first-order chi connectivity index (χ1) is 14.9. The van der Waals surface area contributed by atoms with Crippen LogP contribution in [0, 0.1) is 0 Å². The smallest absolute Gasteiger partial charge is 0.337 e. The summed E-state index contributed by atoms with van der Waals surface area (Å²) >= 11 is 0. The van der Waals surface area contributed by atoms with E-state index in [9.17, 15) is 18.0 Å². The minimum Gasteiger partial charge on any atom is -0.337 e. The van der Waals surface area contributed by atoms with Gasteiger partial charge in [0.05, 0.1) is 24.6 Å². The zero-order valence-corrected chi connectivity index (χ0v) is 16.9. The Morgan fingerprint density at radius 3 is 2.81 bits per heavy atom. The number of nitrogens with zero attached hydrogens (tertiary/aromatic N) is 6. The number of imidazole rings is 1. The molecule has 0 aliphatic carbocycles. The van der Waals surface area contributed by atoms with E-state index in [2.05, 4.69) is 15.3 Å². The average Bonchev–Trinajstić information content (AvgIpc) is 3.44. The number of hydrogen-bond acceptors (Lipinski definition) is 4. The van der Waals surface area contributed by atoms with Crippen molar-refractivity contribution in [2.75, 3.05) is 6.54 Å². The summed E-state index contributed by atoms with van der Waals surface area (Å²) < 4.78 is 43.0. The van der Waals surface area contributed by atoms with E-state index in [1.165, 1.54) is 23.0 Å². The highest BCUT2D eigenvalue weighted by molar-refractivity contribution is 5.92. The Morgan fingerprint density at radius 1 is 1.19 bits per heavy atom. The number of aryl methyl sites for hydroxylation is 1. The summed E-state index contributed by atoms with van der Waals surface area (Å²) in [5.74, 6) is -0.231. The highest BCUT2D eigenvalue weighted by Gasteiger charge is 2.33. The number of piperidine rings is 1. The van der Waals surface area contributed by atoms with Crippen LogP contribution in [0.4, 0.5) is 13.2 Å². The summed E-state index contributed by atoms with van der Waals surface area (Å²) in [7, 11) is 0. The van der Waals surface area contributed by atoms with Crippen LogP contribution < -0.4 is 0 Å². The Balaban J connectivity index is 1.46. The van der Waals surface area contributed by atoms with E-state index in [0.717, 1.165) is 38.3 Å². The SMILES string of the molecule is O=C(c1cn(Cc2ccccc2C(F)(F)F)nn1)N1CCCCC1CCn1ccnc1. The first-order valence-electron chi connectivity index (χ1n) is 10.2. The second-order valence-electron chi connectivity index (χ2n) is 7.69. The molecule has 1 aliphatic heterocycles. The van der Waals surface area contributed by atoms with Crippen LogP contribution in [0.15, 0.2) is 49.2 Å². The Bertz CT molecular complexity index is 1010. The van der Waals surface area contributed by atoms with Gasteiger partial charge in [0.25, 0.3) is 5.91 Å². The van der Waals surface area contributed by atoms with Gasteiger partial charge in [-0.05, 0) is 37.3 Å². The molecular weight excluding hydrogens is 409 g/mol. The molecule has 31 heavy (non-hydrogen) atoms. The van der Waals surface area contributed by atoms with Gasteiger partial charge in [0.2, 0.25) is 0 Å². The molecular formula is C21H23F3N6O. The minimum atomic E-state index is -4.45. The average molecular weight is 432 g/mol. The molecule has 0 spiro atoms. The predicted molar refractivity (Wildman–Crippen MR) is 106 cm³/mol. The van der Waals surface area contributed by atoms with Gasteiger partial charge < -0.3 is 9.47 Å². The van der Waals surface area contributed by atoms with Crippen molar-refractivity contribution in [1.29, 1.82) is 0 Å². The number of benzene rings is 1. The van der Waals surface area contributed by atoms with Crippen molar-refractivity contribution in [2.45, 2.75) is 51.0 Å². The number of carbonyl (C=O) groups excluding carboxylic acids is 1. The quantitative estimate of drug-likeness (QED) is 0.597. The monoisotopic (exact) mass is 432 g/mol. The standard InChI is InChI=1S/C21H23F3N6O/c22-21(23,24)18-7-2-1-5-16(18)13-29-14-19(26-27-29)20(31)30-10-4-3-6-17(30)8-11-28-12-9-25-15-28/h1-2,5,7,9,12,14-15,17H,3-4,6,8,10-11,13H2. The summed E-state index contributed by atoms with van der Waals surface area (Å²) in [6, 6.07) is 5.43. The lowest BCUT2D eigenvalue weighted by molar-refractivity contribution is -0.138. The van der Waals surface area contributed by atoms with E-state index in [1.807, 2.05) is 15.7 Å². The molecule has 10 heteroatoms. The van der Waals surface area contributed by atoms with Crippen LogP contribution in [0.1, 0.15) is 47.3 Å². The molecule has 1 unspecified atom stereocenters. The minimum absolute atomic E-state index is 0.0788. The molecule has 2 aromatic heterocycles. The number of carbonyl (C=O) groups is 1. The fraction of sp³-hybridized carbons (Fsp3) is 0.429. The Labute approximate surface area is 177 Å². The van der Waals surface area contributed by atoms with Crippen LogP contribution in [0.2, 0.25) is 0 Å². The van der Waals surface area contributed by atoms with Crippen molar-refractivity contribution < 1.29 is 18.0 Å². The molecule has 1 aliphatic rings. The van der Waals surface area contributed by atoms with Crippen LogP contribution in [-0.2, 0) is 19.3 Å². The Kier molecular flexibility index (Phi) is 6.06. The van der Waals surface area contributed by atoms with Crippen molar-refractivity contribution in [2.24, 2.45) is 0 Å². The number of hydrogen-bond donors (Lipinski definition) is 0. The third-order valence-corrected chi connectivity index (χ3v) is 5.58. The highest BCUT2D eigenvalue weighted by atomic mass is 19.4. The maximum Gasteiger partial charge on any atom is 0.416 e. The van der Waals surface area contributed by atoms with Crippen molar-refractivity contribution in [3.63, 3.8) is 0 Å². The van der Waals surface area contributed by atoms with Gasteiger partial charge in [-0.15, -0.1) is 5.10 Å². The largest absolute Gasteiger partial charge is 0.416 e. The molecule has 7 nitrogen and oxygen atoms in total. The Morgan fingerprint density at radius 2 is 2.03 bits per heavy atom. The van der Waals surface area contributed by atoms with Crippen molar-refractivity contribution in [1.82, 2.24) is 29.4 Å². The second kappa shape index (κ2) is 8.91. The van der Waals surface area contributed by atoms with E-state index < -0.39 is 11.7 Å². The predicted octanol–water partition coefficient (Wildman–Crippen LogP) is 3.63. The molecule has 0 bridgehead atoms. The van der Waals surface area contributed by atoms with E-state index >= 15 is 0 Å². The topological polar surface area (TPSA) is 68.8 Å². The van der Waals surface area contributed by atoms with Gasteiger partial charge in [-0.2, -0.15) is 13.2 Å². The zero-order chi connectivity index (χ0) is 21.8. The van der Waals surface area contributed by atoms with Gasteiger partial charge in [-0.3, -0.25) is 4.79 Å². The van der Waals surface area contributed by atoms with Crippen molar-refractivity contribution in [3.05, 3.63) is 66.0 Å². The van der Waals surface area contributed by atoms with Gasteiger partial charge in [0, 0.05) is 31.5 Å². The number of amides is 1. The zero-order valence-electron chi connectivity index (χ0n) is 16.9. The summed E-state index contributed by atoms with van der Waals surface area (Å²) in [5, 5.41) is 7.85. The summed E-state index contributed by atoms with van der Waals surface area (Å²) in [5.41, 5.74) is -0.483. The highest BCUT2D eigenvalue weighted by Crippen LogP contribution is 2.32. The Hall–Kier alpha value is -3.17. The molecule has 3 heterocycles. The van der Waals surface area contributed by atoms with Crippen LogP contribution in [0.5, 0.6) is 0 Å². The van der Waals surface area contributed by atoms with E-state index in [4.69, 9.17) is 0 Å². The van der Waals surface area contributed by atoms with Crippen LogP contribution in [0.25, 0.3) is 0 Å². The number of alkyl halides is 3. The van der Waals surface area contributed by atoms with Crippen LogP contribution in [0.3, 0.4) is 0 Å². The third-order valence-electron chi connectivity index (χ3n) is 5.58. The maximum atomic E-state index is 13.2. The lowest BCUT2D eigenvalue weighted by atomic mass is 9.99. The lowest BCUT2D eigenvalue weighted by Gasteiger charge is -2.35. The van der Waals surface area contributed by atoms with Gasteiger partial charge in [0.1, 0.15) is 0 Å². The molecule has 4 rings (SSSR count). The van der Waals surface area contributed by atoms with Crippen molar-refractivity contribution >= 4 is 5.91 Å². The van der Waals surface area contributed by atoms with Gasteiger partial charge in [-0.25, -0.2) is 9.67 Å². The molecule has 0 radical (unpaired) electrons. The maximum absolute atomic E-state index is 13.2. The number of halogens is 3. The summed E-state index contributed by atoms with van der Waals surface area (Å²) in [6.45, 7) is 1.28. The fourth-order valence-corrected chi connectivity index (χ4v) is 4.02. The normalized spacial score (nSPS) is 17.1. The fourth-order valence-electron chi connectivity index (χ4n) is 4.02. The molecule has 0 N–H and O–H groups in total. The van der Waals surface area contributed by atoms with Crippen molar-refractivity contribution in [3.8, 4) is 0 Å². The molecule has 1 saturated heterocycles. The first kappa shape index (κ1) is 21.1. The van der Waals surface area contributed by atoms with Gasteiger partial charge >= 0.3 is 6.18 Å². The lowest BCUT2D eigenvalue weighted by Crippen LogP contribution is -2.44. The molecule has 1 fully saturated rings. The van der Waals surface area contributed by atoms with Gasteiger partial charge in [0.15, 0.2) is 5.69 Å². The molecule has 164 valence electrons. The number of likely N-dealkylation sites (tertiary alicyclic amines) is 1. The third kappa shape index (κ3) is 4.95.